The van der Waals surface area contributed by atoms with Gasteiger partial charge in [-0.25, -0.2) is 0 Å². The molecule has 0 N–H and O–H groups in total. The van der Waals surface area contributed by atoms with Crippen molar-refractivity contribution in [2.75, 3.05) is 0 Å². The molecule has 2 unspecified atom stereocenters. The summed E-state index contributed by atoms with van der Waals surface area (Å²) in [5, 5.41) is 3.00. The van der Waals surface area contributed by atoms with E-state index in [1.165, 1.54) is 114 Å². The molecule has 6 aromatic rings. The molecule has 9 rings (SSSR count). The second kappa shape index (κ2) is 16.0. The molecular weight excluding hydrogens is 863 g/mol. The second-order valence-electron chi connectivity index (χ2n) is 18.6. The minimum absolute atomic E-state index is 0.0715. The number of hydrogen-bond donors (Lipinski definition) is 0. The van der Waals surface area contributed by atoms with Gasteiger partial charge in [-0.2, -0.15) is 0 Å². The first kappa shape index (κ1) is 41.8. The topological polar surface area (TPSA) is 0 Å². The van der Waals surface area contributed by atoms with E-state index in [-0.39, 0.29) is 7.25 Å². The predicted molar refractivity (Wildman–Crippen MR) is 264 cm³/mol. The van der Waals surface area contributed by atoms with Crippen molar-refractivity contribution in [1.29, 1.82) is 0 Å². The molecule has 0 amide bonds. The maximum atomic E-state index is 9.45. The van der Waals surface area contributed by atoms with Crippen molar-refractivity contribution >= 4 is 52.3 Å². The van der Waals surface area contributed by atoms with E-state index in [9.17, 15) is 17.0 Å². The third-order valence-electron chi connectivity index (χ3n) is 14.1. The van der Waals surface area contributed by atoms with E-state index >= 15 is 0 Å². The van der Waals surface area contributed by atoms with Crippen molar-refractivity contribution in [3.05, 3.63) is 170 Å². The predicted octanol–water partition coefficient (Wildman–Crippen LogP) is 14.3. The number of halogens is 2. The van der Waals surface area contributed by atoms with Crippen LogP contribution in [0.3, 0.4) is 0 Å². The molecule has 1 heterocycles. The number of rotatable bonds is 11. The van der Waals surface area contributed by atoms with Crippen LogP contribution in [0.5, 0.6) is 0 Å². The number of allylic oxidation sites excluding steroid dienone is 2. The molecule has 1 aliphatic heterocycles. The van der Waals surface area contributed by atoms with Crippen molar-refractivity contribution in [3.63, 3.8) is 0 Å². The Hall–Kier alpha value is -3.52. The van der Waals surface area contributed by atoms with Crippen LogP contribution in [0.1, 0.15) is 115 Å². The zero-order valence-corrected chi connectivity index (χ0v) is 42.2. The normalized spacial score (nSPS) is 17.5. The van der Waals surface area contributed by atoms with Gasteiger partial charge in [0.1, 0.15) is 0 Å². The van der Waals surface area contributed by atoms with Crippen LogP contribution >= 0.6 is 17.0 Å². The molecular formula is C56H59Cl2SiZr. The Kier molecular flexibility index (Phi) is 11.1. The Morgan fingerprint density at radius 2 is 1.00 bits per heavy atom. The fourth-order valence-corrected chi connectivity index (χ4v) is 39.8. The monoisotopic (exact) mass is 919 g/mol. The van der Waals surface area contributed by atoms with Gasteiger partial charge in [0.25, 0.3) is 0 Å². The first-order valence-electron chi connectivity index (χ1n) is 22.4. The van der Waals surface area contributed by atoms with Crippen LogP contribution in [-0.4, -0.2) is 9.52 Å². The zero-order valence-electron chi connectivity index (χ0n) is 36.8. The second-order valence-corrected chi connectivity index (χ2v) is 41.0. The Bertz CT molecular complexity index is 2610. The molecule has 4 heteroatoms. The van der Waals surface area contributed by atoms with E-state index in [2.05, 4.69) is 171 Å². The fourth-order valence-electron chi connectivity index (χ4n) is 11.8. The number of benzene rings is 6. The number of fused-ring (bicyclic) bond motifs is 5. The number of aryl methyl sites for hydroxylation is 6. The van der Waals surface area contributed by atoms with Crippen molar-refractivity contribution in [3.8, 4) is 33.4 Å². The van der Waals surface area contributed by atoms with Crippen LogP contribution in [-0.2, 0) is 16.4 Å². The maximum absolute atomic E-state index is 9.45. The van der Waals surface area contributed by atoms with E-state index in [4.69, 9.17) is 0 Å². The summed E-state index contributed by atoms with van der Waals surface area (Å²) in [6.45, 7) is 18.1. The van der Waals surface area contributed by atoms with Gasteiger partial charge in [0, 0.05) is 0 Å². The quantitative estimate of drug-likeness (QED) is 0.113. The summed E-state index contributed by atoms with van der Waals surface area (Å²) >= 11 is -5.65. The average Bonchev–Trinajstić information content (AvgIpc) is 3.90. The van der Waals surface area contributed by atoms with Crippen molar-refractivity contribution in [2.24, 2.45) is 0 Å². The van der Waals surface area contributed by atoms with Gasteiger partial charge in [-0.1, -0.05) is 0 Å². The summed E-state index contributed by atoms with van der Waals surface area (Å²) in [6, 6.07) is 39.9. The van der Waals surface area contributed by atoms with Gasteiger partial charge < -0.3 is 0 Å². The van der Waals surface area contributed by atoms with Crippen LogP contribution in [0.15, 0.2) is 114 Å². The molecule has 60 heavy (non-hydrogen) atoms. The third kappa shape index (κ3) is 6.79. The van der Waals surface area contributed by atoms with Crippen LogP contribution in [0.4, 0.5) is 0 Å². The summed E-state index contributed by atoms with van der Waals surface area (Å²) in [4.78, 5) is 0. The molecule has 0 saturated heterocycles. The van der Waals surface area contributed by atoms with Gasteiger partial charge in [-0.3, -0.25) is 0 Å². The fraction of sp³-hybridized carbons (Fsp3) is 0.286. The Morgan fingerprint density at radius 3 is 1.48 bits per heavy atom. The van der Waals surface area contributed by atoms with Gasteiger partial charge in [-0.15, -0.1) is 0 Å². The van der Waals surface area contributed by atoms with E-state index in [0.717, 1.165) is 38.5 Å². The molecule has 0 nitrogen and oxygen atoms in total. The van der Waals surface area contributed by atoms with Crippen LogP contribution in [0.2, 0.25) is 0 Å². The molecule has 6 aromatic carbocycles. The van der Waals surface area contributed by atoms with Gasteiger partial charge in [0.05, 0.1) is 0 Å². The first-order chi connectivity index (χ1) is 28.8. The van der Waals surface area contributed by atoms with Gasteiger partial charge in [-0.05, 0) is 0 Å². The number of unbranched alkanes of at least 4 members (excludes halogenated alkanes) is 2. The Labute approximate surface area is 370 Å². The van der Waals surface area contributed by atoms with Crippen molar-refractivity contribution in [1.82, 2.24) is 0 Å². The Balaban J connectivity index is 1.39. The molecule has 2 aliphatic carbocycles. The molecule has 3 aliphatic rings. The Morgan fingerprint density at radius 1 is 0.533 bits per heavy atom. The van der Waals surface area contributed by atoms with Gasteiger partial charge in [0.15, 0.2) is 0 Å². The molecule has 0 saturated carbocycles. The summed E-state index contributed by atoms with van der Waals surface area (Å²) in [5.41, 5.74) is 24.0. The van der Waals surface area contributed by atoms with Crippen molar-refractivity contribution < 1.29 is 16.4 Å². The van der Waals surface area contributed by atoms with E-state index in [1.807, 2.05) is 0 Å². The SMILES string of the molecule is CCCCC1=Cc2c(ccc(C)c2-c2cc(C)cc(C)c2)[CH]1[Zr]([Cl])([Cl])([c]1cccc2c1[SiH2]c1ccccc1-2)[CH]1C(CCCC)=Cc2c1ccc(C)c2-c1cc(C)cc(C)c1. The van der Waals surface area contributed by atoms with Crippen LogP contribution in [0, 0.1) is 41.5 Å². The van der Waals surface area contributed by atoms with E-state index in [1.54, 1.807) is 0 Å². The molecule has 305 valence electrons. The van der Waals surface area contributed by atoms with Crippen LogP contribution < -0.4 is 13.6 Å². The summed E-state index contributed by atoms with van der Waals surface area (Å²) in [5.74, 6) is 0. The molecule has 0 aromatic heterocycles. The van der Waals surface area contributed by atoms with Crippen LogP contribution in [0.25, 0.3) is 45.5 Å². The van der Waals surface area contributed by atoms with Gasteiger partial charge >= 0.3 is 373 Å². The summed E-state index contributed by atoms with van der Waals surface area (Å²) < 4.78 is 1.18. The summed E-state index contributed by atoms with van der Waals surface area (Å²) in [6.07, 6.45) is 11.6. The third-order valence-corrected chi connectivity index (χ3v) is 36.9. The first-order valence-corrected chi connectivity index (χ1v) is 34.3. The minimum atomic E-state index is -5.65. The van der Waals surface area contributed by atoms with E-state index < -0.39 is 25.9 Å². The summed E-state index contributed by atoms with van der Waals surface area (Å²) in [7, 11) is 18.0. The molecule has 0 spiro atoms. The zero-order chi connectivity index (χ0) is 42.1. The van der Waals surface area contributed by atoms with Crippen molar-refractivity contribution in [2.45, 2.75) is 101 Å². The molecule has 0 fully saturated rings. The van der Waals surface area contributed by atoms with Gasteiger partial charge in [0.2, 0.25) is 0 Å². The molecule has 0 bridgehead atoms. The number of hydrogen-bond acceptors (Lipinski definition) is 0. The standard InChI is InChI=1S/2C22H25.C12H9Si.2ClH.Zr/c2*1-5-6-7-18-13-19-9-8-17(4)22(21(19)14-18)20-11-15(2)10-16(3)12-20;1-3-7-11-9(5-1)10-6-2-4-8-12(10)13-11;;;/h2*8-14H,5-7H2,1-4H3;1-7H,13H2;2*1H;/q;;;;;+2/p-2. The van der Waals surface area contributed by atoms with E-state index in [0.29, 0.717) is 0 Å². The average molecular weight is 922 g/mol. The molecule has 2 atom stereocenters. The molecule has 0 radical (unpaired) electrons.